The van der Waals surface area contributed by atoms with Crippen molar-refractivity contribution in [1.29, 1.82) is 0 Å². The fourth-order valence-corrected chi connectivity index (χ4v) is 2.63. The van der Waals surface area contributed by atoms with Gasteiger partial charge >= 0.3 is 0 Å². The molecule has 2 aliphatic rings. The molecule has 0 atom stereocenters. The maximum Gasteiger partial charge on any atom is 0.147 e. The van der Waals surface area contributed by atoms with Crippen LogP contribution in [-0.4, -0.2) is 35.8 Å². The minimum absolute atomic E-state index is 0.301. The summed E-state index contributed by atoms with van der Waals surface area (Å²) in [4.78, 5) is 19.4. The number of rotatable bonds is 3. The molecule has 6 nitrogen and oxygen atoms in total. The number of oxime groups is 1. The van der Waals surface area contributed by atoms with Gasteiger partial charge in [-0.1, -0.05) is 5.16 Å². The van der Waals surface area contributed by atoms with Crippen molar-refractivity contribution in [2.24, 2.45) is 5.16 Å². The topological polar surface area (TPSA) is 70.0 Å². The fourth-order valence-electron chi connectivity index (χ4n) is 2.63. The van der Waals surface area contributed by atoms with E-state index in [1.165, 1.54) is 12.3 Å². The van der Waals surface area contributed by atoms with E-state index in [2.05, 4.69) is 10.1 Å². The van der Waals surface area contributed by atoms with Gasteiger partial charge in [0.05, 0.1) is 25.1 Å². The molecule has 1 aromatic heterocycles. The number of fused-ring (bicyclic) bond motifs is 1. The number of carbonyl (C=O) groups excluding carboxylic acids is 1. The number of aldehydes is 1. The maximum absolute atomic E-state index is 10.2. The van der Waals surface area contributed by atoms with Gasteiger partial charge in [0.2, 0.25) is 0 Å². The molecule has 1 spiro atoms. The summed E-state index contributed by atoms with van der Waals surface area (Å²) in [6, 6.07) is 1.85. The van der Waals surface area contributed by atoms with Gasteiger partial charge in [-0.05, 0) is 6.07 Å². The standard InChI is InChI=1S/C15H16N2O4/c18-6-1-7-20-17-13-10-15(3-8-19-9-4-15)21-14-11-16-5-2-12(13)14/h1-2,5-7,11H,3-4,8-10H2/b7-1+,17-13+. The maximum atomic E-state index is 10.2. The Balaban J connectivity index is 1.90. The number of pyridine rings is 1. The van der Waals surface area contributed by atoms with Crippen LogP contribution in [0.4, 0.5) is 0 Å². The first-order valence-corrected chi connectivity index (χ1v) is 6.87. The molecule has 0 amide bonds. The van der Waals surface area contributed by atoms with E-state index in [-0.39, 0.29) is 5.60 Å². The van der Waals surface area contributed by atoms with Gasteiger partial charge in [-0.2, -0.15) is 0 Å². The van der Waals surface area contributed by atoms with Crippen LogP contribution in [0.1, 0.15) is 24.8 Å². The van der Waals surface area contributed by atoms with Crippen LogP contribution in [0.25, 0.3) is 0 Å². The molecular weight excluding hydrogens is 272 g/mol. The van der Waals surface area contributed by atoms with E-state index in [9.17, 15) is 4.79 Å². The van der Waals surface area contributed by atoms with E-state index < -0.39 is 0 Å². The Labute approximate surface area is 122 Å². The van der Waals surface area contributed by atoms with Gasteiger partial charge in [0.1, 0.15) is 23.9 Å². The van der Waals surface area contributed by atoms with Crippen LogP contribution in [0.3, 0.4) is 0 Å². The zero-order valence-corrected chi connectivity index (χ0v) is 11.5. The van der Waals surface area contributed by atoms with Gasteiger partial charge in [-0.15, -0.1) is 0 Å². The lowest BCUT2D eigenvalue weighted by molar-refractivity contribution is -0.104. The van der Waals surface area contributed by atoms with Gasteiger partial charge in [0.25, 0.3) is 0 Å². The van der Waals surface area contributed by atoms with Gasteiger partial charge in [0.15, 0.2) is 0 Å². The smallest absolute Gasteiger partial charge is 0.147 e. The van der Waals surface area contributed by atoms with E-state index in [0.717, 1.165) is 24.1 Å². The fraction of sp³-hybridized carbons (Fsp3) is 0.400. The third-order valence-corrected chi connectivity index (χ3v) is 3.70. The summed E-state index contributed by atoms with van der Waals surface area (Å²) in [6.07, 6.45) is 8.82. The Bertz CT molecular complexity index is 577. The van der Waals surface area contributed by atoms with Crippen molar-refractivity contribution >= 4 is 12.0 Å². The SMILES string of the molecule is O=C/C=C/O/N=C1\CC2(CCOCC2)Oc2cnccc21. The van der Waals surface area contributed by atoms with Crippen molar-refractivity contribution in [1.82, 2.24) is 4.98 Å². The van der Waals surface area contributed by atoms with Crippen LogP contribution in [0, 0.1) is 0 Å². The van der Waals surface area contributed by atoms with Gasteiger partial charge in [-0.25, -0.2) is 0 Å². The number of hydrogen-bond acceptors (Lipinski definition) is 6. The van der Waals surface area contributed by atoms with Crippen LogP contribution in [0.2, 0.25) is 0 Å². The van der Waals surface area contributed by atoms with Crippen LogP contribution in [0.5, 0.6) is 5.75 Å². The van der Waals surface area contributed by atoms with Crippen molar-refractivity contribution < 1.29 is 19.1 Å². The van der Waals surface area contributed by atoms with Crippen LogP contribution in [0.15, 0.2) is 36.0 Å². The van der Waals surface area contributed by atoms with Crippen molar-refractivity contribution in [3.8, 4) is 5.75 Å². The van der Waals surface area contributed by atoms with E-state index in [1.54, 1.807) is 12.4 Å². The summed E-state index contributed by atoms with van der Waals surface area (Å²) in [7, 11) is 0. The molecule has 0 aromatic carbocycles. The highest BCUT2D eigenvalue weighted by Crippen LogP contribution is 2.38. The summed E-state index contributed by atoms with van der Waals surface area (Å²) in [5.41, 5.74) is 1.38. The number of nitrogens with zero attached hydrogens (tertiary/aromatic N) is 2. The molecule has 0 aliphatic carbocycles. The highest BCUT2D eigenvalue weighted by molar-refractivity contribution is 6.04. The van der Waals surface area contributed by atoms with Crippen molar-refractivity contribution in [2.75, 3.05) is 13.2 Å². The summed E-state index contributed by atoms with van der Waals surface area (Å²) in [5.74, 6) is 0.715. The van der Waals surface area contributed by atoms with Crippen LogP contribution >= 0.6 is 0 Å². The third-order valence-electron chi connectivity index (χ3n) is 3.70. The number of carbonyl (C=O) groups is 1. The average Bonchev–Trinajstić information content (AvgIpc) is 2.52. The Kier molecular flexibility index (Phi) is 3.96. The third kappa shape index (κ3) is 2.95. The second kappa shape index (κ2) is 6.05. The molecule has 3 rings (SSSR count). The molecule has 1 saturated heterocycles. The average molecular weight is 288 g/mol. The zero-order valence-electron chi connectivity index (χ0n) is 11.5. The lowest BCUT2D eigenvalue weighted by Gasteiger charge is -2.41. The monoisotopic (exact) mass is 288 g/mol. The second-order valence-electron chi connectivity index (χ2n) is 5.05. The largest absolute Gasteiger partial charge is 0.484 e. The molecule has 1 fully saturated rings. The summed E-state index contributed by atoms with van der Waals surface area (Å²) in [6.45, 7) is 1.35. The summed E-state index contributed by atoms with van der Waals surface area (Å²) < 4.78 is 11.6. The Morgan fingerprint density at radius 1 is 1.38 bits per heavy atom. The second-order valence-corrected chi connectivity index (χ2v) is 5.05. The molecule has 0 unspecified atom stereocenters. The minimum atomic E-state index is -0.301. The van der Waals surface area contributed by atoms with E-state index in [4.69, 9.17) is 14.3 Å². The van der Waals surface area contributed by atoms with E-state index in [1.807, 2.05) is 6.07 Å². The molecule has 2 aliphatic heterocycles. The number of allylic oxidation sites excluding steroid dienone is 1. The minimum Gasteiger partial charge on any atom is -0.484 e. The number of aromatic nitrogens is 1. The normalized spacial score (nSPS) is 22.0. The molecule has 0 saturated carbocycles. The highest BCUT2D eigenvalue weighted by Gasteiger charge is 2.41. The lowest BCUT2D eigenvalue weighted by Crippen LogP contribution is -2.46. The number of ether oxygens (including phenoxy) is 2. The molecule has 6 heteroatoms. The van der Waals surface area contributed by atoms with Crippen LogP contribution in [-0.2, 0) is 14.4 Å². The number of hydrogen-bond donors (Lipinski definition) is 0. The quantitative estimate of drug-likeness (QED) is 0.367. The molecule has 0 bridgehead atoms. The molecule has 21 heavy (non-hydrogen) atoms. The Hall–Kier alpha value is -2.21. The van der Waals surface area contributed by atoms with Gasteiger partial charge < -0.3 is 14.3 Å². The molecular formula is C15H16N2O4. The van der Waals surface area contributed by atoms with E-state index in [0.29, 0.717) is 31.7 Å². The van der Waals surface area contributed by atoms with Crippen molar-refractivity contribution in [3.63, 3.8) is 0 Å². The zero-order chi connectivity index (χ0) is 14.5. The molecule has 1 aromatic rings. The Morgan fingerprint density at radius 2 is 2.24 bits per heavy atom. The first kappa shape index (κ1) is 13.8. The predicted molar refractivity (Wildman–Crippen MR) is 75.1 cm³/mol. The van der Waals surface area contributed by atoms with Crippen LogP contribution < -0.4 is 4.74 Å². The first-order chi connectivity index (χ1) is 10.3. The molecule has 110 valence electrons. The molecule has 3 heterocycles. The summed E-state index contributed by atoms with van der Waals surface area (Å²) >= 11 is 0. The van der Waals surface area contributed by atoms with Gasteiger partial charge in [0, 0.05) is 37.1 Å². The molecule has 0 N–H and O–H groups in total. The van der Waals surface area contributed by atoms with Gasteiger partial charge in [-0.3, -0.25) is 9.78 Å². The predicted octanol–water partition coefficient (Wildman–Crippen LogP) is 1.85. The highest BCUT2D eigenvalue weighted by atomic mass is 16.6. The van der Waals surface area contributed by atoms with Crippen molar-refractivity contribution in [3.05, 3.63) is 36.4 Å². The Morgan fingerprint density at radius 3 is 3.05 bits per heavy atom. The summed E-state index contributed by atoms with van der Waals surface area (Å²) in [5, 5.41) is 4.13. The lowest BCUT2D eigenvalue weighted by atomic mass is 9.84. The molecule has 0 radical (unpaired) electrons. The first-order valence-electron chi connectivity index (χ1n) is 6.87. The van der Waals surface area contributed by atoms with Crippen molar-refractivity contribution in [2.45, 2.75) is 24.9 Å². The van der Waals surface area contributed by atoms with E-state index >= 15 is 0 Å².